The topological polar surface area (TPSA) is 72.5 Å². The largest absolute Gasteiger partial charge is 0.464 e. The van der Waals surface area contributed by atoms with Crippen LogP contribution in [0.3, 0.4) is 0 Å². The Bertz CT molecular complexity index is 916. The molecule has 0 aromatic carbocycles. The predicted octanol–water partition coefficient (Wildman–Crippen LogP) is 6.54. The minimum absolute atomic E-state index is 0.0111. The number of nitrogens with one attached hydrogen (secondary N) is 1. The van der Waals surface area contributed by atoms with Crippen LogP contribution in [0, 0.1) is 34.5 Å². The Morgan fingerprint density at radius 2 is 1.57 bits per heavy atom. The molecule has 208 valence electrons. The Morgan fingerprint density at radius 3 is 2.08 bits per heavy atom. The second-order valence-electron chi connectivity index (χ2n) is 12.4. The van der Waals surface area contributed by atoms with Crippen molar-refractivity contribution in [3.63, 3.8) is 0 Å². The molecule has 0 radical (unpaired) electrons. The van der Waals surface area contributed by atoms with Crippen molar-refractivity contribution in [2.75, 3.05) is 12.4 Å². The summed E-state index contributed by atoms with van der Waals surface area (Å²) in [6, 6.07) is -0.587. The molecule has 2 aliphatic rings. The van der Waals surface area contributed by atoms with Crippen LogP contribution in [0.5, 0.6) is 0 Å². The quantitative estimate of drug-likeness (QED) is 0.175. The van der Waals surface area contributed by atoms with E-state index in [0.717, 1.165) is 12.8 Å². The van der Waals surface area contributed by atoms with Gasteiger partial charge in [0.1, 0.15) is 11.8 Å². The molecule has 0 saturated carbocycles. The zero-order valence-electron chi connectivity index (χ0n) is 24.4. The Hall–Kier alpha value is -1.82. The molecular weight excluding hydrogens is 482 g/mol. The first kappa shape index (κ1) is 31.4. The number of carbonyl (C=O) groups excluding carboxylic acids is 3. The normalized spacial score (nSPS) is 28.3. The summed E-state index contributed by atoms with van der Waals surface area (Å²) in [5, 5.41) is 3.31. The molecule has 0 bridgehead atoms. The van der Waals surface area contributed by atoms with Gasteiger partial charge in [-0.15, -0.1) is 0 Å². The summed E-state index contributed by atoms with van der Waals surface area (Å²) in [6.45, 7) is 18.8. The van der Waals surface area contributed by atoms with Gasteiger partial charge in [0.25, 0.3) is 0 Å². The number of rotatable bonds is 12. The lowest BCUT2D eigenvalue weighted by atomic mass is 9.65. The van der Waals surface area contributed by atoms with Crippen molar-refractivity contribution in [2.45, 2.75) is 92.9 Å². The lowest BCUT2D eigenvalue weighted by molar-refractivity contribution is -0.144. The van der Waals surface area contributed by atoms with Gasteiger partial charge in [-0.1, -0.05) is 72.8 Å². The predicted molar refractivity (Wildman–Crippen MR) is 154 cm³/mol. The molecule has 5 nitrogen and oxygen atoms in total. The lowest BCUT2D eigenvalue weighted by Gasteiger charge is -2.39. The molecule has 0 saturated heterocycles. The average Bonchev–Trinajstić information content (AvgIpc) is 2.75. The van der Waals surface area contributed by atoms with Crippen molar-refractivity contribution in [3.8, 4) is 0 Å². The minimum Gasteiger partial charge on any atom is -0.464 e. The van der Waals surface area contributed by atoms with Crippen LogP contribution >= 0.6 is 11.8 Å². The second kappa shape index (κ2) is 13.3. The molecule has 0 aromatic heterocycles. The van der Waals surface area contributed by atoms with E-state index >= 15 is 0 Å². The van der Waals surface area contributed by atoms with E-state index in [4.69, 9.17) is 4.74 Å². The first-order valence-electron chi connectivity index (χ1n) is 13.8. The van der Waals surface area contributed by atoms with Gasteiger partial charge < -0.3 is 10.1 Å². The summed E-state index contributed by atoms with van der Waals surface area (Å²) in [5.41, 5.74) is 0.509. The second-order valence-corrected chi connectivity index (χ2v) is 13.9. The standard InChI is InChI=1S/C31H49NO4S/c1-10-36-29(35)24(32-22(4)17-25(33)27-20(2)13-11-15-30(27,6)7)19-37-23(5)18-26(34)28-21(3)14-12-16-31(28,8)9/h11-14,17,20-21,23-24,27-28,32H,10,15-16,18-19H2,1-9H3. The van der Waals surface area contributed by atoms with E-state index in [1.807, 2.05) is 13.8 Å². The van der Waals surface area contributed by atoms with Crippen molar-refractivity contribution in [3.05, 3.63) is 36.1 Å². The van der Waals surface area contributed by atoms with Crippen LogP contribution in [-0.2, 0) is 19.1 Å². The van der Waals surface area contributed by atoms with E-state index < -0.39 is 6.04 Å². The first-order valence-corrected chi connectivity index (χ1v) is 14.9. The van der Waals surface area contributed by atoms with Gasteiger partial charge in [0.2, 0.25) is 0 Å². The monoisotopic (exact) mass is 531 g/mol. The van der Waals surface area contributed by atoms with Gasteiger partial charge >= 0.3 is 5.97 Å². The SMILES string of the molecule is CCOC(=O)C(CSC(C)CC(=O)C1C(C)C=CCC1(C)C)NC(C)=CC(=O)C1C(C)C=CCC1(C)C. The maximum absolute atomic E-state index is 13.2. The third-order valence-corrected chi connectivity index (χ3v) is 9.19. The number of carbonyl (C=O) groups is 3. The molecule has 0 aliphatic heterocycles. The van der Waals surface area contributed by atoms with Gasteiger partial charge in [-0.3, -0.25) is 9.59 Å². The number of thioether (sulfide) groups is 1. The van der Waals surface area contributed by atoms with Crippen molar-refractivity contribution >= 4 is 29.3 Å². The molecule has 6 unspecified atom stereocenters. The number of hydrogen-bond donors (Lipinski definition) is 1. The molecule has 1 N–H and O–H groups in total. The Balaban J connectivity index is 2.04. The van der Waals surface area contributed by atoms with E-state index in [0.29, 0.717) is 30.3 Å². The van der Waals surface area contributed by atoms with E-state index in [1.54, 1.807) is 24.8 Å². The highest BCUT2D eigenvalue weighted by atomic mass is 32.2. The summed E-state index contributed by atoms with van der Waals surface area (Å²) in [4.78, 5) is 39.2. The first-order chi connectivity index (χ1) is 17.2. The van der Waals surface area contributed by atoms with Gasteiger partial charge in [-0.25, -0.2) is 4.79 Å². The zero-order valence-corrected chi connectivity index (χ0v) is 25.2. The highest BCUT2D eigenvalue weighted by Crippen LogP contribution is 2.42. The van der Waals surface area contributed by atoms with Crippen molar-refractivity contribution in [1.82, 2.24) is 5.32 Å². The molecule has 0 aromatic rings. The van der Waals surface area contributed by atoms with Crippen LogP contribution in [-0.4, -0.2) is 41.2 Å². The van der Waals surface area contributed by atoms with Gasteiger partial charge in [0.05, 0.1) is 6.61 Å². The fourth-order valence-corrected chi connectivity index (χ4v) is 7.23. The third-order valence-electron chi connectivity index (χ3n) is 7.92. The van der Waals surface area contributed by atoms with Crippen LogP contribution in [0.4, 0.5) is 0 Å². The van der Waals surface area contributed by atoms with Crippen molar-refractivity contribution in [1.29, 1.82) is 0 Å². The molecule has 0 heterocycles. The van der Waals surface area contributed by atoms with Crippen molar-refractivity contribution < 1.29 is 19.1 Å². The number of ether oxygens (including phenoxy) is 1. The average molecular weight is 532 g/mol. The van der Waals surface area contributed by atoms with Gasteiger partial charge in [0.15, 0.2) is 5.78 Å². The molecule has 0 fully saturated rings. The van der Waals surface area contributed by atoms with Gasteiger partial charge in [0, 0.05) is 41.0 Å². The highest BCUT2D eigenvalue weighted by molar-refractivity contribution is 7.99. The summed E-state index contributed by atoms with van der Waals surface area (Å²) in [6.07, 6.45) is 12.5. The van der Waals surface area contributed by atoms with Crippen LogP contribution in [0.2, 0.25) is 0 Å². The lowest BCUT2D eigenvalue weighted by Crippen LogP contribution is -2.41. The smallest absolute Gasteiger partial charge is 0.329 e. The third kappa shape index (κ3) is 8.59. The number of esters is 1. The number of ketones is 2. The Kier molecular flexibility index (Phi) is 11.3. The summed E-state index contributed by atoms with van der Waals surface area (Å²) >= 11 is 1.60. The van der Waals surface area contributed by atoms with E-state index in [9.17, 15) is 14.4 Å². The van der Waals surface area contributed by atoms with E-state index in [1.165, 1.54) is 0 Å². The van der Waals surface area contributed by atoms with Crippen LogP contribution < -0.4 is 5.32 Å². The summed E-state index contributed by atoms with van der Waals surface area (Å²) < 4.78 is 5.32. The molecule has 2 rings (SSSR count). The molecule has 0 amide bonds. The molecular formula is C31H49NO4S. The Labute approximate surface area is 229 Å². The Morgan fingerprint density at radius 1 is 1.03 bits per heavy atom. The van der Waals surface area contributed by atoms with Crippen LogP contribution in [0.15, 0.2) is 36.1 Å². The maximum atomic E-state index is 13.2. The van der Waals surface area contributed by atoms with Crippen LogP contribution in [0.1, 0.15) is 81.6 Å². The molecule has 6 heteroatoms. The van der Waals surface area contributed by atoms with E-state index in [2.05, 4.69) is 71.2 Å². The minimum atomic E-state index is -0.587. The highest BCUT2D eigenvalue weighted by Gasteiger charge is 2.40. The molecule has 6 atom stereocenters. The molecule has 37 heavy (non-hydrogen) atoms. The van der Waals surface area contributed by atoms with Gasteiger partial charge in [-0.05, 0) is 49.4 Å². The number of hydrogen-bond acceptors (Lipinski definition) is 6. The van der Waals surface area contributed by atoms with Crippen LogP contribution in [0.25, 0.3) is 0 Å². The molecule has 2 aliphatic carbocycles. The number of allylic oxidation sites excluding steroid dienone is 6. The van der Waals surface area contributed by atoms with Gasteiger partial charge in [-0.2, -0.15) is 11.8 Å². The zero-order chi connectivity index (χ0) is 28.0. The van der Waals surface area contributed by atoms with E-state index in [-0.39, 0.29) is 51.5 Å². The summed E-state index contributed by atoms with van der Waals surface area (Å²) in [7, 11) is 0. The fourth-order valence-electron chi connectivity index (χ4n) is 6.21. The fraction of sp³-hybridized carbons (Fsp3) is 0.710. The van der Waals surface area contributed by atoms with Crippen molar-refractivity contribution in [2.24, 2.45) is 34.5 Å². The molecule has 0 spiro atoms. The maximum Gasteiger partial charge on any atom is 0.329 e. The number of Topliss-reactive ketones (excluding diaryl/α,β-unsaturated/α-hetero) is 1. The summed E-state index contributed by atoms with van der Waals surface area (Å²) in [5.74, 6) is 0.818.